The zero-order chi connectivity index (χ0) is 18.2. The average Bonchev–Trinajstić information content (AvgIpc) is 3.15. The molecule has 26 heavy (non-hydrogen) atoms. The minimum Gasteiger partial charge on any atom is -0.376 e. The maximum atomic E-state index is 5.96. The van der Waals surface area contributed by atoms with Gasteiger partial charge in [0.05, 0.1) is 19.5 Å². The Morgan fingerprint density at radius 3 is 2.23 bits per heavy atom. The first kappa shape index (κ1) is 19.3. The fraction of sp³-hybridized carbons (Fsp3) is 0.250. The second-order valence-corrected chi connectivity index (χ2v) is 8.12. The fourth-order valence-corrected chi connectivity index (χ4v) is 3.81. The molecule has 0 fully saturated rings. The van der Waals surface area contributed by atoms with Gasteiger partial charge in [0, 0.05) is 40.0 Å². The van der Waals surface area contributed by atoms with E-state index in [9.17, 15) is 0 Å². The van der Waals surface area contributed by atoms with Gasteiger partial charge in [-0.05, 0) is 35.4 Å². The van der Waals surface area contributed by atoms with E-state index in [2.05, 4.69) is 21.7 Å². The molecule has 1 unspecified atom stereocenters. The van der Waals surface area contributed by atoms with E-state index in [1.807, 2.05) is 60.7 Å². The highest BCUT2D eigenvalue weighted by Gasteiger charge is 2.11. The molecule has 0 aliphatic carbocycles. The summed E-state index contributed by atoms with van der Waals surface area (Å²) in [4.78, 5) is 4.13. The SMILES string of the molecule is Clc1ccc(COCC(Cn2ccnc2)SCc2ccc(Cl)cc2)cc1. The number of hydrogen-bond acceptors (Lipinski definition) is 3. The van der Waals surface area contributed by atoms with Crippen molar-refractivity contribution in [3.63, 3.8) is 0 Å². The third-order valence-electron chi connectivity index (χ3n) is 3.86. The molecule has 0 aliphatic heterocycles. The molecule has 0 radical (unpaired) electrons. The monoisotopic (exact) mass is 406 g/mol. The van der Waals surface area contributed by atoms with Crippen LogP contribution in [0.15, 0.2) is 67.3 Å². The number of hydrogen-bond donors (Lipinski definition) is 0. The lowest BCUT2D eigenvalue weighted by Gasteiger charge is -2.18. The van der Waals surface area contributed by atoms with Gasteiger partial charge in [0.1, 0.15) is 0 Å². The van der Waals surface area contributed by atoms with Crippen molar-refractivity contribution in [2.24, 2.45) is 0 Å². The number of nitrogens with zero attached hydrogens (tertiary/aromatic N) is 2. The molecule has 3 nitrogen and oxygen atoms in total. The van der Waals surface area contributed by atoms with E-state index in [0.29, 0.717) is 18.5 Å². The van der Waals surface area contributed by atoms with E-state index in [1.165, 1.54) is 5.56 Å². The normalized spacial score (nSPS) is 12.2. The van der Waals surface area contributed by atoms with Crippen LogP contribution in [0.2, 0.25) is 10.0 Å². The number of imidazole rings is 1. The van der Waals surface area contributed by atoms with Crippen LogP contribution < -0.4 is 0 Å². The van der Waals surface area contributed by atoms with Gasteiger partial charge in [0.2, 0.25) is 0 Å². The van der Waals surface area contributed by atoms with Crippen molar-refractivity contribution in [1.29, 1.82) is 0 Å². The summed E-state index contributed by atoms with van der Waals surface area (Å²) in [6.45, 7) is 2.11. The molecule has 3 rings (SSSR count). The van der Waals surface area contributed by atoms with E-state index in [-0.39, 0.29) is 0 Å². The smallest absolute Gasteiger partial charge is 0.0946 e. The van der Waals surface area contributed by atoms with Gasteiger partial charge >= 0.3 is 0 Å². The first-order chi connectivity index (χ1) is 12.7. The van der Waals surface area contributed by atoms with Crippen LogP contribution in [0, 0.1) is 0 Å². The number of ether oxygens (including phenoxy) is 1. The van der Waals surface area contributed by atoms with Gasteiger partial charge in [0.15, 0.2) is 0 Å². The van der Waals surface area contributed by atoms with Gasteiger partial charge in [0.25, 0.3) is 0 Å². The summed E-state index contributed by atoms with van der Waals surface area (Å²) in [5, 5.41) is 1.83. The summed E-state index contributed by atoms with van der Waals surface area (Å²) >= 11 is 13.8. The van der Waals surface area contributed by atoms with E-state index < -0.39 is 0 Å². The molecular formula is C20H20Cl2N2OS. The van der Waals surface area contributed by atoms with Crippen LogP contribution in [0.4, 0.5) is 0 Å². The number of thioether (sulfide) groups is 1. The summed E-state index contributed by atoms with van der Waals surface area (Å²) in [6, 6.07) is 15.8. The summed E-state index contributed by atoms with van der Waals surface area (Å²) in [5.74, 6) is 0.917. The quantitative estimate of drug-likeness (QED) is 0.455. The molecule has 0 saturated heterocycles. The molecule has 0 amide bonds. The van der Waals surface area contributed by atoms with Crippen LogP contribution in [0.1, 0.15) is 11.1 Å². The lowest BCUT2D eigenvalue weighted by Crippen LogP contribution is -2.19. The molecule has 1 heterocycles. The second kappa shape index (κ2) is 10.0. The molecule has 6 heteroatoms. The maximum Gasteiger partial charge on any atom is 0.0946 e. The van der Waals surface area contributed by atoms with Crippen molar-refractivity contribution in [3.05, 3.63) is 88.4 Å². The highest BCUT2D eigenvalue weighted by Crippen LogP contribution is 2.22. The minimum atomic E-state index is 0.326. The van der Waals surface area contributed by atoms with Crippen molar-refractivity contribution >= 4 is 35.0 Å². The molecule has 0 aliphatic rings. The van der Waals surface area contributed by atoms with Gasteiger partial charge in [-0.1, -0.05) is 47.5 Å². The molecule has 136 valence electrons. The lowest BCUT2D eigenvalue weighted by molar-refractivity contribution is 0.119. The van der Waals surface area contributed by atoms with E-state index >= 15 is 0 Å². The minimum absolute atomic E-state index is 0.326. The van der Waals surface area contributed by atoms with Crippen molar-refractivity contribution in [1.82, 2.24) is 9.55 Å². The molecule has 0 spiro atoms. The van der Waals surface area contributed by atoms with Crippen molar-refractivity contribution < 1.29 is 4.74 Å². The predicted molar refractivity (Wildman–Crippen MR) is 110 cm³/mol. The van der Waals surface area contributed by atoms with E-state index in [1.54, 1.807) is 6.20 Å². The molecule has 3 aromatic rings. The number of rotatable bonds is 9. The van der Waals surface area contributed by atoms with Gasteiger partial charge < -0.3 is 9.30 Å². The first-order valence-electron chi connectivity index (χ1n) is 8.33. The van der Waals surface area contributed by atoms with Crippen molar-refractivity contribution in [2.75, 3.05) is 6.61 Å². The van der Waals surface area contributed by atoms with Crippen LogP contribution in [0.3, 0.4) is 0 Å². The Bertz CT molecular complexity index is 777. The van der Waals surface area contributed by atoms with E-state index in [4.69, 9.17) is 27.9 Å². The van der Waals surface area contributed by atoms with Crippen LogP contribution in [-0.2, 0) is 23.6 Å². The first-order valence-corrected chi connectivity index (χ1v) is 10.1. The number of aromatic nitrogens is 2. The van der Waals surface area contributed by atoms with Gasteiger partial charge in [-0.3, -0.25) is 0 Å². The van der Waals surface area contributed by atoms with Gasteiger partial charge in [-0.2, -0.15) is 0 Å². The molecular weight excluding hydrogens is 387 g/mol. The molecule has 0 N–H and O–H groups in total. The van der Waals surface area contributed by atoms with Crippen LogP contribution >= 0.6 is 35.0 Å². The standard InChI is InChI=1S/C20H20Cl2N2OS/c21-18-5-1-16(2-6-18)12-25-13-20(11-24-10-9-23-15-24)26-14-17-3-7-19(22)8-4-17/h1-10,15,20H,11-14H2. The second-order valence-electron chi connectivity index (χ2n) is 5.96. The Balaban J connectivity index is 1.53. The topological polar surface area (TPSA) is 27.1 Å². The summed E-state index contributed by atoms with van der Waals surface area (Å²) in [6.07, 6.45) is 5.62. The molecule has 0 saturated carbocycles. The van der Waals surface area contributed by atoms with E-state index in [0.717, 1.165) is 27.9 Å². The highest BCUT2D eigenvalue weighted by atomic mass is 35.5. The summed E-state index contributed by atoms with van der Waals surface area (Å²) in [7, 11) is 0. The van der Waals surface area contributed by atoms with Crippen LogP contribution in [0.25, 0.3) is 0 Å². The Hall–Kier alpha value is -1.46. The summed E-state index contributed by atoms with van der Waals surface area (Å²) in [5.41, 5.74) is 2.38. The highest BCUT2D eigenvalue weighted by molar-refractivity contribution is 7.99. The zero-order valence-corrected chi connectivity index (χ0v) is 16.6. The maximum absolute atomic E-state index is 5.96. The molecule has 1 aromatic heterocycles. The largest absolute Gasteiger partial charge is 0.376 e. The Kier molecular flexibility index (Phi) is 7.44. The zero-order valence-electron chi connectivity index (χ0n) is 14.2. The third kappa shape index (κ3) is 6.36. The Morgan fingerprint density at radius 1 is 0.962 bits per heavy atom. The van der Waals surface area contributed by atoms with Crippen molar-refractivity contribution in [3.8, 4) is 0 Å². The molecule has 0 bridgehead atoms. The van der Waals surface area contributed by atoms with Gasteiger partial charge in [-0.25, -0.2) is 4.98 Å². The summed E-state index contributed by atoms with van der Waals surface area (Å²) < 4.78 is 8.05. The predicted octanol–water partition coefficient (Wildman–Crippen LogP) is 5.71. The van der Waals surface area contributed by atoms with Crippen LogP contribution in [-0.4, -0.2) is 21.4 Å². The third-order valence-corrected chi connectivity index (χ3v) is 5.62. The molecule has 2 aromatic carbocycles. The Morgan fingerprint density at radius 2 is 1.62 bits per heavy atom. The number of benzene rings is 2. The van der Waals surface area contributed by atoms with Crippen LogP contribution in [0.5, 0.6) is 0 Å². The average molecular weight is 407 g/mol. The Labute approximate surface area is 168 Å². The lowest BCUT2D eigenvalue weighted by atomic mass is 10.2. The molecule has 1 atom stereocenters. The van der Waals surface area contributed by atoms with Gasteiger partial charge in [-0.15, -0.1) is 11.8 Å². The fourth-order valence-electron chi connectivity index (χ4n) is 2.47. The van der Waals surface area contributed by atoms with Crippen molar-refractivity contribution in [2.45, 2.75) is 24.2 Å². The number of halogens is 2.